The van der Waals surface area contributed by atoms with Crippen LogP contribution in [0.3, 0.4) is 0 Å². The van der Waals surface area contributed by atoms with Crippen LogP contribution in [0, 0.1) is 17.8 Å². The van der Waals surface area contributed by atoms with Gasteiger partial charge in [-0.1, -0.05) is 6.42 Å². The van der Waals surface area contributed by atoms with Gasteiger partial charge in [0, 0.05) is 25.2 Å². The number of anilines is 1. The molecule has 1 N–H and O–H groups in total. The summed E-state index contributed by atoms with van der Waals surface area (Å²) in [6.45, 7) is 0.774. The molecule has 158 valence electrons. The quantitative estimate of drug-likeness (QED) is 0.685. The van der Waals surface area contributed by atoms with Gasteiger partial charge in [-0.3, -0.25) is 9.59 Å². The molecule has 0 spiro atoms. The van der Waals surface area contributed by atoms with Crippen molar-refractivity contribution < 1.29 is 22.7 Å². The molecule has 1 saturated heterocycles. The van der Waals surface area contributed by atoms with E-state index < -0.39 is 15.9 Å². The molecule has 2 bridgehead atoms. The minimum atomic E-state index is -3.47. The number of fused-ring (bicyclic) bond motifs is 2. The van der Waals surface area contributed by atoms with Gasteiger partial charge in [-0.15, -0.1) is 0 Å². The second kappa shape index (κ2) is 8.44. The van der Waals surface area contributed by atoms with Crippen molar-refractivity contribution >= 4 is 27.6 Å². The molecule has 0 radical (unpaired) electrons. The van der Waals surface area contributed by atoms with Crippen LogP contribution in [0.2, 0.25) is 0 Å². The number of amides is 1. The molecule has 0 aromatic heterocycles. The summed E-state index contributed by atoms with van der Waals surface area (Å²) < 4.78 is 31.7. The van der Waals surface area contributed by atoms with Crippen LogP contribution in [-0.2, 0) is 24.3 Å². The van der Waals surface area contributed by atoms with Crippen LogP contribution in [-0.4, -0.2) is 44.3 Å². The van der Waals surface area contributed by atoms with E-state index in [1.807, 2.05) is 0 Å². The molecule has 3 atom stereocenters. The number of hydrogen-bond acceptors (Lipinski definition) is 5. The zero-order valence-electron chi connectivity index (χ0n) is 16.5. The normalized spacial score (nSPS) is 26.6. The summed E-state index contributed by atoms with van der Waals surface area (Å²) in [4.78, 5) is 24.3. The Morgan fingerprint density at radius 3 is 2.41 bits per heavy atom. The van der Waals surface area contributed by atoms with Gasteiger partial charge in [0.25, 0.3) is 5.91 Å². The summed E-state index contributed by atoms with van der Waals surface area (Å²) in [5.74, 6) is 1.09. The highest BCUT2D eigenvalue weighted by atomic mass is 32.2. The van der Waals surface area contributed by atoms with Gasteiger partial charge in [0.2, 0.25) is 10.0 Å². The Bertz CT molecular complexity index is 862. The van der Waals surface area contributed by atoms with Gasteiger partial charge in [-0.05, 0) is 74.1 Å². The first kappa shape index (κ1) is 20.3. The molecule has 1 aliphatic heterocycles. The Morgan fingerprint density at radius 2 is 1.79 bits per heavy atom. The van der Waals surface area contributed by atoms with E-state index in [2.05, 4.69) is 5.32 Å². The van der Waals surface area contributed by atoms with E-state index in [-0.39, 0.29) is 17.5 Å². The van der Waals surface area contributed by atoms with Crippen molar-refractivity contribution in [3.63, 3.8) is 0 Å². The summed E-state index contributed by atoms with van der Waals surface area (Å²) in [5, 5.41) is 2.64. The Hall–Kier alpha value is -1.93. The Labute approximate surface area is 171 Å². The fraction of sp³-hybridized carbons (Fsp3) is 0.619. The van der Waals surface area contributed by atoms with Crippen LogP contribution in [0.5, 0.6) is 0 Å². The number of sulfonamides is 1. The Kier molecular flexibility index (Phi) is 5.92. The SMILES string of the molecule is O=C(COC(=O)C[C@@H]1C[C@H]2CC[C@@H]1C2)Nc1ccc(S(=O)(=O)N2CCCC2)cc1. The lowest BCUT2D eigenvalue weighted by Crippen LogP contribution is -2.27. The second-order valence-electron chi connectivity index (χ2n) is 8.48. The summed E-state index contributed by atoms with van der Waals surface area (Å²) in [6.07, 6.45) is 7.02. The lowest BCUT2D eigenvalue weighted by atomic mass is 9.86. The summed E-state index contributed by atoms with van der Waals surface area (Å²) in [6, 6.07) is 6.09. The molecule has 4 rings (SSSR count). The van der Waals surface area contributed by atoms with Crippen molar-refractivity contribution in [1.82, 2.24) is 4.31 Å². The van der Waals surface area contributed by atoms with Gasteiger partial charge < -0.3 is 10.1 Å². The van der Waals surface area contributed by atoms with Gasteiger partial charge in [0.15, 0.2) is 6.61 Å². The van der Waals surface area contributed by atoms with E-state index in [1.54, 1.807) is 12.1 Å². The molecule has 1 aromatic carbocycles. The lowest BCUT2D eigenvalue weighted by Gasteiger charge is -2.20. The molecule has 1 heterocycles. The minimum Gasteiger partial charge on any atom is -0.456 e. The number of benzene rings is 1. The number of nitrogens with zero attached hydrogens (tertiary/aromatic N) is 1. The van der Waals surface area contributed by atoms with Crippen molar-refractivity contribution in [2.75, 3.05) is 25.0 Å². The van der Waals surface area contributed by atoms with Crippen molar-refractivity contribution in [1.29, 1.82) is 0 Å². The molecule has 0 unspecified atom stereocenters. The van der Waals surface area contributed by atoms with Crippen molar-refractivity contribution in [3.8, 4) is 0 Å². The number of carbonyl (C=O) groups is 2. The Morgan fingerprint density at radius 1 is 1.07 bits per heavy atom. The molecule has 1 aromatic rings. The summed E-state index contributed by atoms with van der Waals surface area (Å²) in [5.41, 5.74) is 0.472. The number of hydrogen-bond donors (Lipinski definition) is 1. The van der Waals surface area contributed by atoms with Crippen LogP contribution < -0.4 is 5.32 Å². The van der Waals surface area contributed by atoms with Gasteiger partial charge in [-0.2, -0.15) is 4.31 Å². The molecule has 2 saturated carbocycles. The number of rotatable bonds is 7. The van der Waals surface area contributed by atoms with Gasteiger partial charge in [-0.25, -0.2) is 8.42 Å². The number of nitrogens with one attached hydrogen (secondary N) is 1. The maximum absolute atomic E-state index is 12.5. The highest BCUT2D eigenvalue weighted by molar-refractivity contribution is 7.89. The predicted octanol–water partition coefficient (Wildman–Crippen LogP) is 2.78. The number of esters is 1. The molecular formula is C21H28N2O5S. The molecule has 3 aliphatic rings. The minimum absolute atomic E-state index is 0.217. The molecule has 2 aliphatic carbocycles. The van der Waals surface area contributed by atoms with Gasteiger partial charge >= 0.3 is 5.97 Å². The maximum Gasteiger partial charge on any atom is 0.306 e. The van der Waals surface area contributed by atoms with E-state index in [0.29, 0.717) is 37.0 Å². The summed E-state index contributed by atoms with van der Waals surface area (Å²) >= 11 is 0. The standard InChI is InChI=1S/C21H28N2O5S/c24-20(14-28-21(25)13-17-12-15-3-4-16(17)11-15)22-18-5-7-19(8-6-18)29(26,27)23-9-1-2-10-23/h5-8,15-17H,1-4,9-14H2,(H,22,24)/t15-,16+,17-/m0/s1. The van der Waals surface area contributed by atoms with Gasteiger partial charge in [0.05, 0.1) is 4.90 Å². The third kappa shape index (κ3) is 4.64. The second-order valence-corrected chi connectivity index (χ2v) is 10.4. The molecule has 7 nitrogen and oxygen atoms in total. The van der Waals surface area contributed by atoms with Gasteiger partial charge in [0.1, 0.15) is 0 Å². The van der Waals surface area contributed by atoms with Crippen LogP contribution >= 0.6 is 0 Å². The predicted molar refractivity (Wildman–Crippen MR) is 108 cm³/mol. The molecule has 8 heteroatoms. The van der Waals surface area contributed by atoms with E-state index in [4.69, 9.17) is 4.74 Å². The molecule has 3 fully saturated rings. The van der Waals surface area contributed by atoms with Crippen LogP contribution in [0.25, 0.3) is 0 Å². The van der Waals surface area contributed by atoms with Crippen LogP contribution in [0.4, 0.5) is 5.69 Å². The summed E-state index contributed by atoms with van der Waals surface area (Å²) in [7, 11) is -3.47. The van der Waals surface area contributed by atoms with Crippen LogP contribution in [0.1, 0.15) is 44.9 Å². The van der Waals surface area contributed by atoms with Crippen LogP contribution in [0.15, 0.2) is 29.2 Å². The van der Waals surface area contributed by atoms with Crippen molar-refractivity contribution in [2.45, 2.75) is 49.8 Å². The first-order valence-electron chi connectivity index (χ1n) is 10.5. The molecular weight excluding hydrogens is 392 g/mol. The maximum atomic E-state index is 12.5. The molecule has 1 amide bonds. The van der Waals surface area contributed by atoms with Crippen molar-refractivity contribution in [3.05, 3.63) is 24.3 Å². The lowest BCUT2D eigenvalue weighted by molar-refractivity contribution is -0.148. The Balaban J connectivity index is 1.23. The largest absolute Gasteiger partial charge is 0.456 e. The van der Waals surface area contributed by atoms with Crippen molar-refractivity contribution in [2.24, 2.45) is 17.8 Å². The fourth-order valence-corrected chi connectivity index (χ4v) is 6.55. The zero-order valence-corrected chi connectivity index (χ0v) is 17.3. The van der Waals surface area contributed by atoms with E-state index in [9.17, 15) is 18.0 Å². The fourth-order valence-electron chi connectivity index (χ4n) is 5.03. The monoisotopic (exact) mass is 420 g/mol. The average Bonchev–Trinajstić information content (AvgIpc) is 3.45. The highest BCUT2D eigenvalue weighted by Gasteiger charge is 2.40. The zero-order chi connectivity index (χ0) is 20.4. The molecule has 29 heavy (non-hydrogen) atoms. The average molecular weight is 421 g/mol. The first-order chi connectivity index (χ1) is 13.9. The number of ether oxygens (including phenoxy) is 1. The van der Waals surface area contributed by atoms with E-state index >= 15 is 0 Å². The highest BCUT2D eigenvalue weighted by Crippen LogP contribution is 2.49. The third-order valence-electron chi connectivity index (χ3n) is 6.52. The smallest absolute Gasteiger partial charge is 0.306 e. The van der Waals surface area contributed by atoms with E-state index in [0.717, 1.165) is 25.2 Å². The topological polar surface area (TPSA) is 92.8 Å². The van der Waals surface area contributed by atoms with E-state index in [1.165, 1.54) is 35.7 Å². The third-order valence-corrected chi connectivity index (χ3v) is 8.43. The number of carbonyl (C=O) groups excluding carboxylic acids is 2. The first-order valence-corrected chi connectivity index (χ1v) is 11.9.